The second-order valence-electron chi connectivity index (χ2n) is 6.41. The maximum absolute atomic E-state index is 12.6. The number of aryl methyl sites for hydroxylation is 1. The van der Waals surface area contributed by atoms with E-state index in [2.05, 4.69) is 10.2 Å². The van der Waals surface area contributed by atoms with E-state index in [-0.39, 0.29) is 18.0 Å². The summed E-state index contributed by atoms with van der Waals surface area (Å²) in [5.41, 5.74) is 2.92. The highest BCUT2D eigenvalue weighted by atomic mass is 16.2. The Balaban J connectivity index is 1.66. The molecule has 0 bridgehead atoms. The van der Waals surface area contributed by atoms with Crippen molar-refractivity contribution in [1.82, 2.24) is 24.3 Å². The molecular formula is C18H19N5O2. The molecule has 7 heteroatoms. The van der Waals surface area contributed by atoms with Crippen molar-refractivity contribution in [3.63, 3.8) is 0 Å². The van der Waals surface area contributed by atoms with E-state index < -0.39 is 0 Å². The number of fused-ring (bicyclic) bond motifs is 1. The maximum Gasteiger partial charge on any atom is 0.293 e. The second-order valence-corrected chi connectivity index (χ2v) is 6.41. The Labute approximate surface area is 144 Å². The SMILES string of the molecule is Cc1ccc(-c2cc3c(=O)n(CC(=O)N4CCCC4)ncn3n2)cc1. The van der Waals surface area contributed by atoms with Crippen LogP contribution in [0.1, 0.15) is 18.4 Å². The summed E-state index contributed by atoms with van der Waals surface area (Å²) in [5, 5.41) is 8.51. The molecule has 1 aromatic carbocycles. The van der Waals surface area contributed by atoms with Crippen LogP contribution in [0.15, 0.2) is 41.5 Å². The van der Waals surface area contributed by atoms with Crippen LogP contribution in [-0.2, 0) is 11.3 Å². The van der Waals surface area contributed by atoms with Crippen molar-refractivity contribution < 1.29 is 4.79 Å². The fourth-order valence-corrected chi connectivity index (χ4v) is 3.11. The summed E-state index contributed by atoms with van der Waals surface area (Å²) in [7, 11) is 0. The van der Waals surface area contributed by atoms with E-state index in [9.17, 15) is 9.59 Å². The Morgan fingerprint density at radius 1 is 1.16 bits per heavy atom. The molecule has 1 saturated heterocycles. The van der Waals surface area contributed by atoms with E-state index in [1.54, 1.807) is 11.0 Å². The Hall–Kier alpha value is -2.96. The van der Waals surface area contributed by atoms with Gasteiger partial charge in [0.25, 0.3) is 5.56 Å². The number of nitrogens with zero attached hydrogens (tertiary/aromatic N) is 5. The minimum atomic E-state index is -0.305. The molecule has 0 atom stereocenters. The van der Waals surface area contributed by atoms with Crippen LogP contribution in [0.5, 0.6) is 0 Å². The highest BCUT2D eigenvalue weighted by molar-refractivity contribution is 5.76. The topological polar surface area (TPSA) is 72.5 Å². The fourth-order valence-electron chi connectivity index (χ4n) is 3.11. The van der Waals surface area contributed by atoms with Crippen LogP contribution in [0.4, 0.5) is 0 Å². The Morgan fingerprint density at radius 3 is 2.60 bits per heavy atom. The van der Waals surface area contributed by atoms with E-state index in [4.69, 9.17) is 0 Å². The molecular weight excluding hydrogens is 318 g/mol. The molecule has 0 unspecified atom stereocenters. The number of aromatic nitrogens is 4. The van der Waals surface area contributed by atoms with Crippen molar-refractivity contribution in [2.75, 3.05) is 13.1 Å². The quantitative estimate of drug-likeness (QED) is 0.726. The average Bonchev–Trinajstić information content (AvgIpc) is 3.28. The van der Waals surface area contributed by atoms with Crippen LogP contribution < -0.4 is 5.56 Å². The lowest BCUT2D eigenvalue weighted by atomic mass is 10.1. The van der Waals surface area contributed by atoms with Crippen LogP contribution in [0, 0.1) is 6.92 Å². The van der Waals surface area contributed by atoms with Gasteiger partial charge < -0.3 is 4.90 Å². The van der Waals surface area contributed by atoms with Crippen LogP contribution in [-0.4, -0.2) is 43.3 Å². The first kappa shape index (κ1) is 15.6. The first-order valence-corrected chi connectivity index (χ1v) is 8.42. The van der Waals surface area contributed by atoms with Crippen molar-refractivity contribution in [3.05, 3.63) is 52.6 Å². The lowest BCUT2D eigenvalue weighted by molar-refractivity contribution is -0.131. The van der Waals surface area contributed by atoms with Gasteiger partial charge in [-0.2, -0.15) is 10.2 Å². The predicted molar refractivity (Wildman–Crippen MR) is 93.2 cm³/mol. The van der Waals surface area contributed by atoms with E-state index in [0.29, 0.717) is 11.2 Å². The third-order valence-electron chi connectivity index (χ3n) is 4.58. The lowest BCUT2D eigenvalue weighted by Crippen LogP contribution is -2.36. The van der Waals surface area contributed by atoms with Crippen LogP contribution in [0.3, 0.4) is 0 Å². The van der Waals surface area contributed by atoms with Gasteiger partial charge in [-0.15, -0.1) is 0 Å². The fraction of sp³-hybridized carbons (Fsp3) is 0.333. The summed E-state index contributed by atoms with van der Waals surface area (Å²) in [6.45, 7) is 3.52. The molecule has 2 aromatic heterocycles. The summed E-state index contributed by atoms with van der Waals surface area (Å²) in [6, 6.07) is 9.70. The lowest BCUT2D eigenvalue weighted by Gasteiger charge is -2.15. The molecule has 0 saturated carbocycles. The van der Waals surface area contributed by atoms with Gasteiger partial charge in [0.15, 0.2) is 0 Å². The van der Waals surface area contributed by atoms with E-state index in [1.807, 2.05) is 31.2 Å². The van der Waals surface area contributed by atoms with Crippen molar-refractivity contribution in [2.24, 2.45) is 0 Å². The van der Waals surface area contributed by atoms with Gasteiger partial charge in [-0.1, -0.05) is 29.8 Å². The van der Waals surface area contributed by atoms with Gasteiger partial charge >= 0.3 is 0 Å². The third kappa shape index (κ3) is 2.93. The van der Waals surface area contributed by atoms with Gasteiger partial charge in [0.05, 0.1) is 5.69 Å². The molecule has 25 heavy (non-hydrogen) atoms. The number of hydrogen-bond donors (Lipinski definition) is 0. The molecule has 1 amide bonds. The zero-order valence-corrected chi connectivity index (χ0v) is 14.1. The first-order valence-electron chi connectivity index (χ1n) is 8.42. The predicted octanol–water partition coefficient (Wildman–Crippen LogP) is 1.49. The molecule has 0 spiro atoms. The van der Waals surface area contributed by atoms with Crippen LogP contribution in [0.25, 0.3) is 16.8 Å². The van der Waals surface area contributed by atoms with Crippen molar-refractivity contribution >= 4 is 11.4 Å². The van der Waals surface area contributed by atoms with Gasteiger partial charge in [0.1, 0.15) is 18.4 Å². The number of likely N-dealkylation sites (tertiary alicyclic amines) is 1. The number of benzene rings is 1. The Bertz CT molecular complexity index is 981. The number of amides is 1. The van der Waals surface area contributed by atoms with Crippen LogP contribution in [0.2, 0.25) is 0 Å². The molecule has 3 heterocycles. The highest BCUT2D eigenvalue weighted by Crippen LogP contribution is 2.18. The molecule has 128 valence electrons. The first-order chi connectivity index (χ1) is 12.1. The minimum absolute atomic E-state index is 0.0274. The maximum atomic E-state index is 12.6. The van der Waals surface area contributed by atoms with E-state index >= 15 is 0 Å². The summed E-state index contributed by atoms with van der Waals surface area (Å²) < 4.78 is 2.69. The van der Waals surface area contributed by atoms with Gasteiger partial charge in [0, 0.05) is 18.7 Å². The summed E-state index contributed by atoms with van der Waals surface area (Å²) in [4.78, 5) is 26.7. The molecule has 0 radical (unpaired) electrons. The zero-order chi connectivity index (χ0) is 17.4. The molecule has 1 aliphatic heterocycles. The Kier molecular flexibility index (Phi) is 3.83. The second kappa shape index (κ2) is 6.16. The van der Waals surface area contributed by atoms with Gasteiger partial charge in [0.2, 0.25) is 5.91 Å². The normalized spacial score (nSPS) is 14.4. The molecule has 3 aromatic rings. The monoisotopic (exact) mass is 337 g/mol. The standard InChI is InChI=1S/C18H19N5O2/c1-13-4-6-14(7-5-13)15-10-16-18(25)22(19-12-23(16)20-15)11-17(24)21-8-2-3-9-21/h4-7,10,12H,2-3,8-9,11H2,1H3. The minimum Gasteiger partial charge on any atom is -0.341 e. The average molecular weight is 337 g/mol. The Morgan fingerprint density at radius 2 is 1.88 bits per heavy atom. The third-order valence-corrected chi connectivity index (χ3v) is 4.58. The summed E-state index contributed by atoms with van der Waals surface area (Å²) in [5.74, 6) is -0.0604. The zero-order valence-electron chi connectivity index (χ0n) is 14.1. The largest absolute Gasteiger partial charge is 0.341 e. The van der Waals surface area contributed by atoms with Crippen molar-refractivity contribution in [1.29, 1.82) is 0 Å². The molecule has 0 aliphatic carbocycles. The smallest absolute Gasteiger partial charge is 0.293 e. The van der Waals surface area contributed by atoms with Crippen molar-refractivity contribution in [3.8, 4) is 11.3 Å². The van der Waals surface area contributed by atoms with E-state index in [1.165, 1.54) is 15.5 Å². The van der Waals surface area contributed by atoms with Crippen LogP contribution >= 0.6 is 0 Å². The van der Waals surface area contributed by atoms with Gasteiger partial charge in [-0.25, -0.2) is 9.20 Å². The van der Waals surface area contributed by atoms with Gasteiger partial charge in [-0.3, -0.25) is 9.59 Å². The highest BCUT2D eigenvalue weighted by Gasteiger charge is 2.19. The molecule has 7 nitrogen and oxygen atoms in total. The number of hydrogen-bond acceptors (Lipinski definition) is 4. The summed E-state index contributed by atoms with van der Waals surface area (Å²) >= 11 is 0. The molecule has 1 fully saturated rings. The van der Waals surface area contributed by atoms with Crippen molar-refractivity contribution in [2.45, 2.75) is 26.3 Å². The summed E-state index contributed by atoms with van der Waals surface area (Å²) in [6.07, 6.45) is 3.52. The molecule has 1 aliphatic rings. The number of carbonyl (C=O) groups is 1. The van der Waals surface area contributed by atoms with Gasteiger partial charge in [-0.05, 0) is 25.8 Å². The number of rotatable bonds is 3. The number of carbonyl (C=O) groups excluding carboxylic acids is 1. The van der Waals surface area contributed by atoms with E-state index in [0.717, 1.165) is 37.1 Å². The molecule has 4 rings (SSSR count). The molecule has 0 N–H and O–H groups in total.